The van der Waals surface area contributed by atoms with Crippen LogP contribution in [0.5, 0.6) is 5.75 Å². The van der Waals surface area contributed by atoms with E-state index in [1.165, 1.54) is 11.1 Å². The molecular formula is C16H25NO2. The number of aliphatic hydroxyl groups is 1. The topological polar surface area (TPSA) is 41.5 Å². The van der Waals surface area contributed by atoms with Crippen molar-refractivity contribution < 1.29 is 9.84 Å². The van der Waals surface area contributed by atoms with Gasteiger partial charge in [0.15, 0.2) is 0 Å². The second-order valence-electron chi connectivity index (χ2n) is 5.88. The van der Waals surface area contributed by atoms with Crippen molar-refractivity contribution >= 4 is 0 Å². The van der Waals surface area contributed by atoms with Crippen LogP contribution in [0.4, 0.5) is 0 Å². The zero-order chi connectivity index (χ0) is 13.8. The minimum Gasteiger partial charge on any atom is -0.493 e. The molecule has 0 aromatic heterocycles. The molecule has 0 radical (unpaired) electrons. The van der Waals surface area contributed by atoms with Gasteiger partial charge in [-0.3, -0.25) is 0 Å². The Labute approximate surface area is 116 Å². The molecule has 1 heterocycles. The summed E-state index contributed by atoms with van der Waals surface area (Å²) in [6, 6.07) is 6.64. The quantitative estimate of drug-likeness (QED) is 0.829. The minimum atomic E-state index is -0.264. The summed E-state index contributed by atoms with van der Waals surface area (Å²) in [5.41, 5.74) is 2.56. The second kappa shape index (κ2) is 6.40. The van der Waals surface area contributed by atoms with Gasteiger partial charge < -0.3 is 15.2 Å². The standard InChI is InChI=1S/C16H25NO2/c1-11(2)8-15(18)10-17-12(3)13-4-5-16-14(9-13)6-7-19-16/h4-5,9,11-12,15,17-18H,6-8,10H2,1-3H3. The maximum atomic E-state index is 9.89. The first kappa shape index (κ1) is 14.4. The number of aliphatic hydroxyl groups excluding tert-OH is 1. The molecule has 2 rings (SSSR count). The predicted molar refractivity (Wildman–Crippen MR) is 77.5 cm³/mol. The Bertz CT molecular complexity index is 417. The third-order valence-corrected chi connectivity index (χ3v) is 3.62. The number of ether oxygens (including phenoxy) is 1. The highest BCUT2D eigenvalue weighted by atomic mass is 16.5. The van der Waals surface area contributed by atoms with Crippen LogP contribution in [0.3, 0.4) is 0 Å². The van der Waals surface area contributed by atoms with Gasteiger partial charge in [0.05, 0.1) is 12.7 Å². The van der Waals surface area contributed by atoms with E-state index in [4.69, 9.17) is 4.74 Å². The Morgan fingerprint density at radius 1 is 1.32 bits per heavy atom. The Kier molecular flexibility index (Phi) is 4.83. The highest BCUT2D eigenvalue weighted by Crippen LogP contribution is 2.28. The molecule has 2 N–H and O–H groups in total. The van der Waals surface area contributed by atoms with E-state index in [0.29, 0.717) is 12.5 Å². The van der Waals surface area contributed by atoms with Crippen molar-refractivity contribution in [2.45, 2.75) is 45.8 Å². The van der Waals surface area contributed by atoms with E-state index < -0.39 is 0 Å². The van der Waals surface area contributed by atoms with E-state index in [0.717, 1.165) is 25.2 Å². The van der Waals surface area contributed by atoms with Gasteiger partial charge in [0.1, 0.15) is 5.75 Å². The number of hydrogen-bond donors (Lipinski definition) is 2. The van der Waals surface area contributed by atoms with Crippen LogP contribution in [-0.2, 0) is 6.42 Å². The summed E-state index contributed by atoms with van der Waals surface area (Å²) in [6.45, 7) is 7.85. The van der Waals surface area contributed by atoms with Crippen LogP contribution in [0.2, 0.25) is 0 Å². The predicted octanol–water partition coefficient (Wildman–Crippen LogP) is 2.68. The summed E-state index contributed by atoms with van der Waals surface area (Å²) in [5.74, 6) is 1.56. The summed E-state index contributed by atoms with van der Waals surface area (Å²) in [6.07, 6.45) is 1.59. The Hall–Kier alpha value is -1.06. The molecule has 0 bridgehead atoms. The first-order valence-electron chi connectivity index (χ1n) is 7.23. The largest absolute Gasteiger partial charge is 0.493 e. The normalized spacial score (nSPS) is 17.1. The fourth-order valence-electron chi connectivity index (χ4n) is 2.53. The van der Waals surface area contributed by atoms with Gasteiger partial charge in [0.2, 0.25) is 0 Å². The van der Waals surface area contributed by atoms with Crippen LogP contribution < -0.4 is 10.1 Å². The third-order valence-electron chi connectivity index (χ3n) is 3.62. The number of fused-ring (bicyclic) bond motifs is 1. The van der Waals surface area contributed by atoms with Gasteiger partial charge in [-0.2, -0.15) is 0 Å². The number of hydrogen-bond acceptors (Lipinski definition) is 3. The highest BCUT2D eigenvalue weighted by Gasteiger charge is 2.15. The lowest BCUT2D eigenvalue weighted by atomic mass is 10.0. The van der Waals surface area contributed by atoms with Gasteiger partial charge in [0.25, 0.3) is 0 Å². The van der Waals surface area contributed by atoms with Gasteiger partial charge in [-0.1, -0.05) is 26.0 Å². The third kappa shape index (κ3) is 3.95. The maximum Gasteiger partial charge on any atom is 0.122 e. The number of rotatable bonds is 6. The number of nitrogens with one attached hydrogen (secondary N) is 1. The lowest BCUT2D eigenvalue weighted by Crippen LogP contribution is -2.30. The van der Waals surface area contributed by atoms with Gasteiger partial charge in [-0.15, -0.1) is 0 Å². The molecule has 2 unspecified atom stereocenters. The Morgan fingerprint density at radius 3 is 2.84 bits per heavy atom. The van der Waals surface area contributed by atoms with E-state index in [2.05, 4.69) is 44.3 Å². The van der Waals surface area contributed by atoms with E-state index >= 15 is 0 Å². The molecule has 1 aliphatic rings. The van der Waals surface area contributed by atoms with Gasteiger partial charge >= 0.3 is 0 Å². The molecule has 2 atom stereocenters. The summed E-state index contributed by atoms with van der Waals surface area (Å²) in [7, 11) is 0. The lowest BCUT2D eigenvalue weighted by Gasteiger charge is -2.19. The van der Waals surface area contributed by atoms with Crippen LogP contribution in [-0.4, -0.2) is 24.4 Å². The van der Waals surface area contributed by atoms with Crippen molar-refractivity contribution in [3.05, 3.63) is 29.3 Å². The molecule has 0 fully saturated rings. The lowest BCUT2D eigenvalue weighted by molar-refractivity contribution is 0.143. The molecule has 0 saturated carbocycles. The van der Waals surface area contributed by atoms with E-state index in [-0.39, 0.29) is 12.1 Å². The van der Waals surface area contributed by atoms with Crippen LogP contribution in [0.15, 0.2) is 18.2 Å². The summed E-state index contributed by atoms with van der Waals surface area (Å²) in [4.78, 5) is 0. The van der Waals surface area contributed by atoms with Crippen molar-refractivity contribution in [3.63, 3.8) is 0 Å². The monoisotopic (exact) mass is 263 g/mol. The molecule has 0 aliphatic carbocycles. The fourth-order valence-corrected chi connectivity index (χ4v) is 2.53. The van der Waals surface area contributed by atoms with E-state index in [1.807, 2.05) is 0 Å². The van der Waals surface area contributed by atoms with Crippen molar-refractivity contribution in [1.29, 1.82) is 0 Å². The molecule has 0 spiro atoms. The molecule has 1 aromatic rings. The highest BCUT2D eigenvalue weighted by molar-refractivity contribution is 5.40. The summed E-state index contributed by atoms with van der Waals surface area (Å²) >= 11 is 0. The van der Waals surface area contributed by atoms with Gasteiger partial charge in [0, 0.05) is 19.0 Å². The smallest absolute Gasteiger partial charge is 0.122 e. The van der Waals surface area contributed by atoms with Crippen LogP contribution >= 0.6 is 0 Å². The summed E-state index contributed by atoms with van der Waals surface area (Å²) < 4.78 is 5.51. The Balaban J connectivity index is 1.87. The van der Waals surface area contributed by atoms with Gasteiger partial charge in [-0.05, 0) is 36.5 Å². The van der Waals surface area contributed by atoms with Crippen molar-refractivity contribution in [1.82, 2.24) is 5.32 Å². The maximum absolute atomic E-state index is 9.89. The van der Waals surface area contributed by atoms with Crippen molar-refractivity contribution in [3.8, 4) is 5.75 Å². The average molecular weight is 263 g/mol. The van der Waals surface area contributed by atoms with Crippen LogP contribution in [0, 0.1) is 5.92 Å². The first-order chi connectivity index (χ1) is 9.06. The van der Waals surface area contributed by atoms with Crippen molar-refractivity contribution in [2.75, 3.05) is 13.2 Å². The molecule has 0 amide bonds. The van der Waals surface area contributed by atoms with Crippen LogP contribution in [0.1, 0.15) is 44.4 Å². The average Bonchev–Trinajstić information content (AvgIpc) is 2.82. The Morgan fingerprint density at radius 2 is 2.11 bits per heavy atom. The SMILES string of the molecule is CC(C)CC(O)CNC(C)c1ccc2c(c1)CCO2. The molecule has 19 heavy (non-hydrogen) atoms. The molecule has 3 nitrogen and oxygen atoms in total. The van der Waals surface area contributed by atoms with Crippen molar-refractivity contribution in [2.24, 2.45) is 5.92 Å². The van der Waals surface area contributed by atoms with Crippen LogP contribution in [0.25, 0.3) is 0 Å². The second-order valence-corrected chi connectivity index (χ2v) is 5.88. The van der Waals surface area contributed by atoms with Gasteiger partial charge in [-0.25, -0.2) is 0 Å². The van der Waals surface area contributed by atoms with E-state index in [1.54, 1.807) is 0 Å². The fraction of sp³-hybridized carbons (Fsp3) is 0.625. The molecule has 1 aliphatic heterocycles. The number of benzene rings is 1. The molecule has 3 heteroatoms. The molecule has 0 saturated heterocycles. The zero-order valence-electron chi connectivity index (χ0n) is 12.1. The molecule has 106 valence electrons. The minimum absolute atomic E-state index is 0.257. The van der Waals surface area contributed by atoms with E-state index in [9.17, 15) is 5.11 Å². The molecular weight excluding hydrogens is 238 g/mol. The first-order valence-corrected chi connectivity index (χ1v) is 7.23. The zero-order valence-corrected chi connectivity index (χ0v) is 12.1. The summed E-state index contributed by atoms with van der Waals surface area (Å²) in [5, 5.41) is 13.3. The molecule has 1 aromatic carbocycles.